The molecule has 0 unspecified atom stereocenters. The molecule has 0 fully saturated rings. The maximum absolute atomic E-state index is 3.46. The van der Waals surface area contributed by atoms with Crippen molar-refractivity contribution < 1.29 is 0 Å². The summed E-state index contributed by atoms with van der Waals surface area (Å²) in [5, 5.41) is 12.5. The number of rotatable bonds is 2. The van der Waals surface area contributed by atoms with Crippen LogP contribution in [0, 0.1) is 0 Å². The van der Waals surface area contributed by atoms with Crippen molar-refractivity contribution in [3.63, 3.8) is 0 Å². The average Bonchev–Trinajstić information content (AvgIpc) is 3.58. The fourth-order valence-electron chi connectivity index (χ4n) is 7.77. The summed E-state index contributed by atoms with van der Waals surface area (Å²) in [7, 11) is 0. The first kappa shape index (κ1) is 23.0. The largest absolute Gasteiger partial charge is 0.387 e. The monoisotopic (exact) mass is 546 g/mol. The fourth-order valence-corrected chi connectivity index (χ4v) is 7.77. The molecule has 1 N–H and O–H groups in total. The first-order valence-corrected chi connectivity index (χ1v) is 15.0. The van der Waals surface area contributed by atoms with Crippen molar-refractivity contribution in [1.29, 1.82) is 0 Å². The third-order valence-electron chi connectivity index (χ3n) is 9.54. The van der Waals surface area contributed by atoms with Crippen molar-refractivity contribution in [3.8, 4) is 39.1 Å². The Balaban J connectivity index is 1.31. The van der Waals surface area contributed by atoms with Gasteiger partial charge in [0.15, 0.2) is 0 Å². The summed E-state index contributed by atoms with van der Waals surface area (Å²) in [6.07, 6.45) is 4.31. The number of hydrogen-bond acceptors (Lipinski definition) is 1. The number of aromatic nitrogens is 1. The molecule has 1 aliphatic carbocycles. The molecule has 0 spiro atoms. The second kappa shape index (κ2) is 8.47. The summed E-state index contributed by atoms with van der Waals surface area (Å²) in [6.45, 7) is 0.826. The van der Waals surface area contributed by atoms with E-state index in [0.717, 1.165) is 6.54 Å². The molecule has 200 valence electrons. The first-order valence-electron chi connectivity index (χ1n) is 15.0. The maximum Gasteiger partial charge on any atom is 0.0616 e. The van der Waals surface area contributed by atoms with Crippen LogP contribution in [0.4, 0.5) is 0 Å². The van der Waals surface area contributed by atoms with Gasteiger partial charge >= 0.3 is 0 Å². The van der Waals surface area contributed by atoms with E-state index in [4.69, 9.17) is 0 Å². The Morgan fingerprint density at radius 3 is 2.21 bits per heavy atom. The molecule has 1 aromatic heterocycles. The van der Waals surface area contributed by atoms with Crippen molar-refractivity contribution in [3.05, 3.63) is 145 Å². The highest BCUT2D eigenvalue weighted by Crippen LogP contribution is 2.53. The molecule has 0 atom stereocenters. The molecule has 0 radical (unpaired) electrons. The summed E-state index contributed by atoms with van der Waals surface area (Å²) in [6, 6.07) is 47.2. The quantitative estimate of drug-likeness (QED) is 0.228. The first-order chi connectivity index (χ1) is 21.3. The highest BCUT2D eigenvalue weighted by atomic mass is 15.0. The molecule has 43 heavy (non-hydrogen) atoms. The van der Waals surface area contributed by atoms with E-state index in [1.54, 1.807) is 0 Å². The standard InChI is InChI=1S/C41H26N2/c1-4-15-31-25(8-1)18-19-33-36-24-42-21-20-37(36)43(41(31)33)29-13-5-12-28(22-29)39-30-14-3-2-9-27(30)23-35-32-16-6-10-26-11-7-17-34(38(26)32)40(35)39/h1-23,42H,24H2. The van der Waals surface area contributed by atoms with Crippen molar-refractivity contribution >= 4 is 49.3 Å². The lowest BCUT2D eigenvalue weighted by Crippen LogP contribution is -2.10. The van der Waals surface area contributed by atoms with Gasteiger partial charge in [0.05, 0.1) is 11.2 Å². The van der Waals surface area contributed by atoms with Crippen molar-refractivity contribution in [1.82, 2.24) is 9.88 Å². The molecule has 2 aliphatic rings. The Hall–Kier alpha value is -5.60. The van der Waals surface area contributed by atoms with Crippen LogP contribution in [-0.4, -0.2) is 4.57 Å². The lowest BCUT2D eigenvalue weighted by Gasteiger charge is -2.18. The molecular weight excluding hydrogens is 520 g/mol. The van der Waals surface area contributed by atoms with E-state index in [9.17, 15) is 0 Å². The van der Waals surface area contributed by atoms with Gasteiger partial charge in [-0.25, -0.2) is 0 Å². The minimum atomic E-state index is 0.826. The molecule has 2 heteroatoms. The molecule has 2 heterocycles. The molecule has 0 bridgehead atoms. The minimum absolute atomic E-state index is 0.826. The van der Waals surface area contributed by atoms with Gasteiger partial charge in [0.25, 0.3) is 0 Å². The Bertz CT molecular complexity index is 2500. The molecule has 0 amide bonds. The van der Waals surface area contributed by atoms with Crippen LogP contribution in [0.15, 0.2) is 134 Å². The van der Waals surface area contributed by atoms with E-state index >= 15 is 0 Å². The van der Waals surface area contributed by atoms with Gasteiger partial charge in [0, 0.05) is 28.6 Å². The molecule has 0 saturated heterocycles. The Labute approximate surface area is 249 Å². The van der Waals surface area contributed by atoms with E-state index < -0.39 is 0 Å². The van der Waals surface area contributed by atoms with Gasteiger partial charge < -0.3 is 9.88 Å². The SMILES string of the molecule is C1=Cc2c(c3ccc4ccccc4c3n2-c2cccc(-c3c4c(cc5ccccc35)-c3cccc5cccc-4c35)c2)CN1. The van der Waals surface area contributed by atoms with E-state index in [-0.39, 0.29) is 0 Å². The van der Waals surface area contributed by atoms with E-state index in [1.807, 2.05) is 0 Å². The fraction of sp³-hybridized carbons (Fsp3) is 0.0244. The summed E-state index contributed by atoms with van der Waals surface area (Å²) < 4.78 is 2.48. The number of fused-ring (bicyclic) bond motifs is 9. The topological polar surface area (TPSA) is 17.0 Å². The van der Waals surface area contributed by atoms with E-state index in [2.05, 4.69) is 150 Å². The summed E-state index contributed by atoms with van der Waals surface area (Å²) >= 11 is 0. The van der Waals surface area contributed by atoms with Crippen LogP contribution in [0.25, 0.3) is 88.4 Å². The van der Waals surface area contributed by atoms with Gasteiger partial charge in [-0.3, -0.25) is 0 Å². The number of benzene rings is 7. The van der Waals surface area contributed by atoms with Gasteiger partial charge in [-0.1, -0.05) is 109 Å². The number of nitrogens with zero attached hydrogens (tertiary/aromatic N) is 1. The second-order valence-corrected chi connectivity index (χ2v) is 11.8. The molecule has 8 aromatic rings. The van der Waals surface area contributed by atoms with Crippen molar-refractivity contribution in [2.75, 3.05) is 0 Å². The molecule has 1 aliphatic heterocycles. The average molecular weight is 547 g/mol. The van der Waals surface area contributed by atoms with Crippen LogP contribution in [0.3, 0.4) is 0 Å². The second-order valence-electron chi connectivity index (χ2n) is 11.8. The van der Waals surface area contributed by atoms with E-state index in [0.29, 0.717) is 0 Å². The van der Waals surface area contributed by atoms with Crippen LogP contribution in [0.2, 0.25) is 0 Å². The molecule has 0 saturated carbocycles. The zero-order chi connectivity index (χ0) is 28.1. The zero-order valence-corrected chi connectivity index (χ0v) is 23.4. The predicted octanol–water partition coefficient (Wildman–Crippen LogP) is 10.5. The van der Waals surface area contributed by atoms with Gasteiger partial charge in [-0.15, -0.1) is 0 Å². The van der Waals surface area contributed by atoms with Crippen molar-refractivity contribution in [2.24, 2.45) is 0 Å². The molecular formula is C41H26N2. The third kappa shape index (κ3) is 3.07. The Morgan fingerprint density at radius 1 is 0.535 bits per heavy atom. The van der Waals surface area contributed by atoms with Crippen LogP contribution >= 0.6 is 0 Å². The molecule has 2 nitrogen and oxygen atoms in total. The van der Waals surface area contributed by atoms with Crippen LogP contribution < -0.4 is 5.32 Å². The number of nitrogens with one attached hydrogen (secondary N) is 1. The third-order valence-corrected chi connectivity index (χ3v) is 9.54. The molecule has 10 rings (SSSR count). The van der Waals surface area contributed by atoms with E-state index in [1.165, 1.54) is 93.5 Å². The number of hydrogen-bond donors (Lipinski definition) is 1. The predicted molar refractivity (Wildman–Crippen MR) is 182 cm³/mol. The summed E-state index contributed by atoms with van der Waals surface area (Å²) in [5.74, 6) is 0. The van der Waals surface area contributed by atoms with Gasteiger partial charge in [0.2, 0.25) is 0 Å². The lowest BCUT2D eigenvalue weighted by atomic mass is 9.88. The molecule has 7 aromatic carbocycles. The smallest absolute Gasteiger partial charge is 0.0616 e. The highest BCUT2D eigenvalue weighted by Gasteiger charge is 2.27. The normalized spacial score (nSPS) is 13.1. The zero-order valence-electron chi connectivity index (χ0n) is 23.4. The summed E-state index contributed by atoms with van der Waals surface area (Å²) in [5.41, 5.74) is 12.9. The van der Waals surface area contributed by atoms with Gasteiger partial charge in [-0.05, 0) is 90.8 Å². The van der Waals surface area contributed by atoms with Gasteiger partial charge in [-0.2, -0.15) is 0 Å². The van der Waals surface area contributed by atoms with Crippen LogP contribution in [0.5, 0.6) is 0 Å². The Kier molecular flexibility index (Phi) is 4.53. The lowest BCUT2D eigenvalue weighted by molar-refractivity contribution is 0.855. The van der Waals surface area contributed by atoms with Crippen molar-refractivity contribution in [2.45, 2.75) is 6.54 Å². The highest BCUT2D eigenvalue weighted by molar-refractivity contribution is 6.22. The maximum atomic E-state index is 3.46. The van der Waals surface area contributed by atoms with Gasteiger partial charge in [0.1, 0.15) is 0 Å². The van der Waals surface area contributed by atoms with Crippen LogP contribution in [-0.2, 0) is 6.54 Å². The van der Waals surface area contributed by atoms with Crippen LogP contribution in [0.1, 0.15) is 11.3 Å². The Morgan fingerprint density at radius 2 is 1.30 bits per heavy atom. The minimum Gasteiger partial charge on any atom is -0.387 e. The summed E-state index contributed by atoms with van der Waals surface area (Å²) in [4.78, 5) is 0.